The Labute approximate surface area is 374 Å². The summed E-state index contributed by atoms with van der Waals surface area (Å²) in [5, 5.41) is 46.4. The Morgan fingerprint density at radius 3 is 1.25 bits per heavy atom. The molecule has 27 heteroatoms. The molecule has 2 atom stereocenters. The Hall–Kier alpha value is -8.58. The number of nitrogens with two attached hydrogens (primary N) is 2. The van der Waals surface area contributed by atoms with Crippen LogP contribution in [0.5, 0.6) is 0 Å². The number of nitrogens with zero attached hydrogens (tertiary/aromatic N) is 6. The first-order chi connectivity index (χ1) is 30.4. The number of aromatic amines is 2. The zero-order valence-corrected chi connectivity index (χ0v) is 35.7. The van der Waals surface area contributed by atoms with Gasteiger partial charge in [0.05, 0.1) is 36.9 Å². The first-order valence-electron chi connectivity index (χ1n) is 18.7. The van der Waals surface area contributed by atoms with Crippen LogP contribution in [0.4, 0.5) is 23.3 Å². The number of anilines is 4. The number of carboxylic acids is 4. The number of hydrogen-bond acceptors (Lipinski definition) is 18. The van der Waals surface area contributed by atoms with Crippen molar-refractivity contribution in [1.29, 1.82) is 0 Å². The van der Waals surface area contributed by atoms with Gasteiger partial charge in [-0.05, 0) is 61.4 Å². The normalized spacial score (nSPS) is 11.4. The third kappa shape index (κ3) is 14.2. The predicted octanol–water partition coefficient (Wildman–Crippen LogP) is -1.01. The van der Waals surface area contributed by atoms with Gasteiger partial charge in [-0.25, -0.2) is 29.5 Å². The summed E-state index contributed by atoms with van der Waals surface area (Å²) < 4.78 is 0. The second-order valence-electron chi connectivity index (χ2n) is 13.4. The Morgan fingerprint density at radius 1 is 0.569 bits per heavy atom. The van der Waals surface area contributed by atoms with Gasteiger partial charge in [0, 0.05) is 35.3 Å². The second-order valence-corrected chi connectivity index (χ2v) is 13.4. The summed E-state index contributed by atoms with van der Waals surface area (Å²) in [5.41, 5.74) is 12.9. The SMILES string of the molecule is Nc1nc2ncc(CNc3ccc(C(=O)NC(CCC(=O)O)C(=O)O)cc3)nc2c(=O)[nH]1.Nc1nc2ncc(CNc3ccc(C(=O)NC(CCC(=O)O)C(=O)O)cc3)nc2c(=O)[nH]1.[SeH2]. The summed E-state index contributed by atoms with van der Waals surface area (Å²) in [6.45, 7) is 0.461. The van der Waals surface area contributed by atoms with Gasteiger partial charge in [-0.1, -0.05) is 0 Å². The summed E-state index contributed by atoms with van der Waals surface area (Å²) in [6.07, 6.45) is 1.68. The first kappa shape index (κ1) is 49.1. The Morgan fingerprint density at radius 2 is 0.923 bits per heavy atom. The average Bonchev–Trinajstić information content (AvgIpc) is 3.25. The molecule has 4 heterocycles. The molecule has 14 N–H and O–H groups in total. The molecule has 2 unspecified atom stereocenters. The summed E-state index contributed by atoms with van der Waals surface area (Å²) in [5.74, 6) is -6.31. The van der Waals surface area contributed by atoms with Gasteiger partial charge in [-0.3, -0.25) is 38.7 Å². The van der Waals surface area contributed by atoms with Gasteiger partial charge in [0.1, 0.15) is 12.1 Å². The van der Waals surface area contributed by atoms with E-state index >= 15 is 0 Å². The molecule has 2 aromatic carbocycles. The number of hydrogen-bond donors (Lipinski definition) is 12. The zero-order valence-electron chi connectivity index (χ0n) is 33.6. The van der Waals surface area contributed by atoms with Gasteiger partial charge in [-0.15, -0.1) is 0 Å². The van der Waals surface area contributed by atoms with Crippen molar-refractivity contribution in [3.8, 4) is 0 Å². The standard InChI is InChI=1S/2C19H19N7O6.H2Se/c2*20-19-25-15-14(17(30)26-19)23-11(8-22-15)7-21-10-3-1-9(2-4-10)16(29)24-12(18(31)32)5-6-13(27)28;/h2*1-4,8,12,21H,5-7H2,(H,24,29)(H,27,28)(H,31,32)(H3,20,22,25,26,30);1H2. The molecule has 0 bridgehead atoms. The van der Waals surface area contributed by atoms with Crippen molar-refractivity contribution in [2.24, 2.45) is 0 Å². The Bertz CT molecular complexity index is 2650. The molecule has 6 rings (SSSR count). The van der Waals surface area contributed by atoms with E-state index in [1.54, 1.807) is 24.3 Å². The average molecular weight is 964 g/mol. The molecule has 65 heavy (non-hydrogen) atoms. The van der Waals surface area contributed by atoms with Crippen LogP contribution < -0.4 is 43.9 Å². The number of fused-ring (bicyclic) bond motifs is 2. The van der Waals surface area contributed by atoms with E-state index in [0.29, 0.717) is 22.8 Å². The molecule has 0 saturated heterocycles. The van der Waals surface area contributed by atoms with Crippen LogP contribution in [-0.4, -0.2) is 125 Å². The number of carbonyl (C=O) groups is 6. The number of carbonyl (C=O) groups excluding carboxylic acids is 2. The number of carboxylic acid groups (broad SMARTS) is 4. The Kier molecular flexibility index (Phi) is 17.0. The fraction of sp³-hybridized carbons (Fsp3) is 0.211. The fourth-order valence-electron chi connectivity index (χ4n) is 5.51. The van der Waals surface area contributed by atoms with Crippen LogP contribution in [0.15, 0.2) is 70.5 Å². The van der Waals surface area contributed by atoms with E-state index in [1.165, 1.54) is 36.7 Å². The molecular formula is C38H40N14O12Se. The number of amides is 2. The number of aromatic nitrogens is 8. The summed E-state index contributed by atoms with van der Waals surface area (Å²) in [7, 11) is 0. The molecule has 0 saturated carbocycles. The third-order valence-corrected chi connectivity index (χ3v) is 8.71. The minimum atomic E-state index is -1.31. The van der Waals surface area contributed by atoms with Crippen LogP contribution in [0.2, 0.25) is 0 Å². The van der Waals surface area contributed by atoms with Gasteiger partial charge in [0.15, 0.2) is 22.3 Å². The maximum absolute atomic E-state index is 12.3. The van der Waals surface area contributed by atoms with Crippen LogP contribution in [0.3, 0.4) is 0 Å². The molecule has 0 radical (unpaired) electrons. The van der Waals surface area contributed by atoms with Gasteiger partial charge >= 0.3 is 40.9 Å². The van der Waals surface area contributed by atoms with Crippen molar-refractivity contribution >= 4 is 98.4 Å². The molecule has 6 aromatic rings. The van der Waals surface area contributed by atoms with Gasteiger partial charge in [0.2, 0.25) is 11.9 Å². The fourth-order valence-corrected chi connectivity index (χ4v) is 5.51. The number of H-pyrrole nitrogens is 2. The van der Waals surface area contributed by atoms with E-state index in [9.17, 15) is 38.4 Å². The quantitative estimate of drug-likeness (QED) is 0.0459. The van der Waals surface area contributed by atoms with Crippen LogP contribution >= 0.6 is 0 Å². The second kappa shape index (κ2) is 22.5. The minimum absolute atomic E-state index is 0. The molecule has 0 spiro atoms. The molecule has 340 valence electrons. The van der Waals surface area contributed by atoms with E-state index in [1.807, 2.05) is 0 Å². The number of rotatable bonds is 18. The molecular weight excluding hydrogens is 923 g/mol. The Balaban J connectivity index is 0.000000280. The monoisotopic (exact) mass is 964 g/mol. The van der Waals surface area contributed by atoms with Crippen molar-refractivity contribution < 1.29 is 49.2 Å². The van der Waals surface area contributed by atoms with Crippen molar-refractivity contribution in [1.82, 2.24) is 50.5 Å². The molecule has 0 aliphatic rings. The van der Waals surface area contributed by atoms with E-state index < -0.39 is 58.9 Å². The molecule has 0 aliphatic heterocycles. The molecule has 2 amide bonds. The molecule has 26 nitrogen and oxygen atoms in total. The van der Waals surface area contributed by atoms with Crippen molar-refractivity contribution in [3.63, 3.8) is 0 Å². The number of nitrogens with one attached hydrogen (secondary N) is 6. The molecule has 0 fully saturated rings. The van der Waals surface area contributed by atoms with E-state index in [0.717, 1.165) is 0 Å². The van der Waals surface area contributed by atoms with Gasteiger partial charge in [-0.2, -0.15) is 9.97 Å². The summed E-state index contributed by atoms with van der Waals surface area (Å²) >= 11 is 0. The maximum atomic E-state index is 12.3. The van der Waals surface area contributed by atoms with Crippen LogP contribution in [0, 0.1) is 0 Å². The molecule has 0 aliphatic carbocycles. The zero-order chi connectivity index (χ0) is 46.5. The van der Waals surface area contributed by atoms with Gasteiger partial charge in [0.25, 0.3) is 22.9 Å². The van der Waals surface area contributed by atoms with E-state index in [4.69, 9.17) is 31.9 Å². The van der Waals surface area contributed by atoms with Crippen molar-refractivity contribution in [2.75, 3.05) is 22.1 Å². The van der Waals surface area contributed by atoms with E-state index in [2.05, 4.69) is 61.1 Å². The van der Waals surface area contributed by atoms with Crippen molar-refractivity contribution in [2.45, 2.75) is 50.9 Å². The van der Waals surface area contributed by atoms with Crippen LogP contribution in [0.25, 0.3) is 22.3 Å². The number of nitrogen functional groups attached to an aromatic ring is 2. The van der Waals surface area contributed by atoms with Crippen molar-refractivity contribution in [3.05, 3.63) is 104 Å². The van der Waals surface area contributed by atoms with Crippen LogP contribution in [-0.2, 0) is 32.3 Å². The third-order valence-electron chi connectivity index (χ3n) is 8.71. The first-order valence-corrected chi connectivity index (χ1v) is 18.7. The number of aliphatic carboxylic acids is 4. The van der Waals surface area contributed by atoms with Crippen LogP contribution in [0.1, 0.15) is 57.8 Å². The molecule has 4 aromatic heterocycles. The predicted molar refractivity (Wildman–Crippen MR) is 232 cm³/mol. The number of benzene rings is 2. The van der Waals surface area contributed by atoms with Gasteiger partial charge < -0.3 is 53.2 Å². The summed E-state index contributed by atoms with van der Waals surface area (Å²) in [6, 6.07) is 9.73. The topological polar surface area (TPSA) is 427 Å². The summed E-state index contributed by atoms with van der Waals surface area (Å²) in [4.78, 5) is 121. The van der Waals surface area contributed by atoms with E-state index in [-0.39, 0.29) is 101 Å².